The number of aliphatic carboxylic acids is 1. The summed E-state index contributed by atoms with van der Waals surface area (Å²) in [7, 11) is 0. The largest absolute Gasteiger partial charge is 0.481 e. The van der Waals surface area contributed by atoms with Gasteiger partial charge in [0.15, 0.2) is 0 Å². The van der Waals surface area contributed by atoms with Gasteiger partial charge in [-0.15, -0.1) is 0 Å². The molecule has 0 bridgehead atoms. The molecular formula is C9H18N2O3S2. The summed E-state index contributed by atoms with van der Waals surface area (Å²) >= 11 is 7.89. The molecule has 0 heterocycles. The number of hydrogen-bond donors (Lipinski definition) is 5. The van der Waals surface area contributed by atoms with E-state index < -0.39 is 5.97 Å². The first-order valence-electron chi connectivity index (χ1n) is 5.03. The maximum atomic E-state index is 11.1. The van der Waals surface area contributed by atoms with Gasteiger partial charge in [0.2, 0.25) is 5.91 Å². The Kier molecular flexibility index (Phi) is 9.55. The maximum absolute atomic E-state index is 11.1. The summed E-state index contributed by atoms with van der Waals surface area (Å²) in [5.41, 5.74) is 0. The Morgan fingerprint density at radius 2 is 2.00 bits per heavy atom. The summed E-state index contributed by atoms with van der Waals surface area (Å²) in [6, 6.07) is -0.171. The topological polar surface area (TPSA) is 78.4 Å². The van der Waals surface area contributed by atoms with Gasteiger partial charge >= 0.3 is 5.97 Å². The minimum Gasteiger partial charge on any atom is -0.481 e. The standard InChI is InChI=1S/C9H18N2O3S2/c12-8(6-16)11-7(1-2-9(13)14)5-10-3-4-15/h7,10,15-16H,1-6H2,(H,11,12)(H,13,14). The van der Waals surface area contributed by atoms with Crippen LogP contribution in [0.25, 0.3) is 0 Å². The van der Waals surface area contributed by atoms with Gasteiger partial charge < -0.3 is 15.7 Å². The Morgan fingerprint density at radius 1 is 1.31 bits per heavy atom. The van der Waals surface area contributed by atoms with Gasteiger partial charge in [-0.1, -0.05) is 0 Å². The SMILES string of the molecule is O=C(O)CCC(CNCCS)NC(=O)CS. The Labute approximate surface area is 106 Å². The number of nitrogens with one attached hydrogen (secondary N) is 2. The normalized spacial score (nSPS) is 12.1. The molecule has 7 heteroatoms. The Hall–Kier alpha value is -0.400. The zero-order valence-electron chi connectivity index (χ0n) is 8.98. The van der Waals surface area contributed by atoms with E-state index in [4.69, 9.17) is 5.11 Å². The molecule has 0 aliphatic carbocycles. The number of hydrogen-bond acceptors (Lipinski definition) is 5. The lowest BCUT2D eigenvalue weighted by Crippen LogP contribution is -2.43. The van der Waals surface area contributed by atoms with Crippen LogP contribution < -0.4 is 10.6 Å². The highest BCUT2D eigenvalue weighted by molar-refractivity contribution is 7.81. The average molecular weight is 266 g/mol. The highest BCUT2D eigenvalue weighted by atomic mass is 32.1. The first-order chi connectivity index (χ1) is 7.60. The van der Waals surface area contributed by atoms with Crippen LogP contribution >= 0.6 is 25.3 Å². The molecule has 5 nitrogen and oxygen atoms in total. The summed E-state index contributed by atoms with van der Waals surface area (Å²) < 4.78 is 0. The highest BCUT2D eigenvalue weighted by Gasteiger charge is 2.12. The van der Waals surface area contributed by atoms with Crippen LogP contribution in [0.2, 0.25) is 0 Å². The Bertz CT molecular complexity index is 227. The molecule has 0 aromatic rings. The predicted molar refractivity (Wildman–Crippen MR) is 69.4 cm³/mol. The van der Waals surface area contributed by atoms with Gasteiger partial charge in [-0.3, -0.25) is 9.59 Å². The molecule has 0 fully saturated rings. The molecular weight excluding hydrogens is 248 g/mol. The zero-order valence-corrected chi connectivity index (χ0v) is 10.8. The molecule has 0 aliphatic rings. The lowest BCUT2D eigenvalue weighted by Gasteiger charge is -2.18. The van der Waals surface area contributed by atoms with Gasteiger partial charge in [-0.2, -0.15) is 25.3 Å². The van der Waals surface area contributed by atoms with Crippen molar-refractivity contribution in [2.45, 2.75) is 18.9 Å². The summed E-state index contributed by atoms with van der Waals surface area (Å²) in [6.45, 7) is 1.27. The molecule has 1 unspecified atom stereocenters. The van der Waals surface area contributed by atoms with Gasteiger partial charge in [0.25, 0.3) is 0 Å². The van der Waals surface area contributed by atoms with Crippen molar-refractivity contribution in [3.05, 3.63) is 0 Å². The van der Waals surface area contributed by atoms with E-state index in [9.17, 15) is 9.59 Å². The van der Waals surface area contributed by atoms with E-state index >= 15 is 0 Å². The van der Waals surface area contributed by atoms with Crippen LogP contribution in [0.1, 0.15) is 12.8 Å². The van der Waals surface area contributed by atoms with Crippen molar-refractivity contribution in [1.82, 2.24) is 10.6 Å². The van der Waals surface area contributed by atoms with Crippen molar-refractivity contribution in [1.29, 1.82) is 0 Å². The fourth-order valence-electron chi connectivity index (χ4n) is 1.15. The van der Waals surface area contributed by atoms with E-state index in [1.165, 1.54) is 0 Å². The van der Waals surface area contributed by atoms with Crippen molar-refractivity contribution < 1.29 is 14.7 Å². The fourth-order valence-corrected chi connectivity index (χ4v) is 1.40. The van der Waals surface area contributed by atoms with Crippen molar-refractivity contribution in [3.63, 3.8) is 0 Å². The third kappa shape index (κ3) is 8.87. The minimum atomic E-state index is -0.862. The second kappa shape index (κ2) is 9.80. The molecule has 3 N–H and O–H groups in total. The quantitative estimate of drug-likeness (QED) is 0.295. The summed E-state index contributed by atoms with van der Waals surface area (Å²) in [4.78, 5) is 21.6. The average Bonchev–Trinajstić information content (AvgIpc) is 2.25. The zero-order chi connectivity index (χ0) is 12.4. The van der Waals surface area contributed by atoms with E-state index in [0.29, 0.717) is 18.7 Å². The van der Waals surface area contributed by atoms with E-state index in [1.807, 2.05) is 0 Å². The molecule has 1 atom stereocenters. The number of rotatable bonds is 9. The van der Waals surface area contributed by atoms with Gasteiger partial charge in [0, 0.05) is 31.3 Å². The molecule has 0 saturated heterocycles. The number of amides is 1. The third-order valence-electron chi connectivity index (χ3n) is 1.89. The van der Waals surface area contributed by atoms with Gasteiger partial charge in [0.1, 0.15) is 0 Å². The molecule has 1 amide bonds. The first-order valence-corrected chi connectivity index (χ1v) is 6.30. The number of carboxylic acid groups (broad SMARTS) is 1. The maximum Gasteiger partial charge on any atom is 0.303 e. The summed E-state index contributed by atoms with van der Waals surface area (Å²) in [5.74, 6) is -0.242. The van der Waals surface area contributed by atoms with Crippen molar-refractivity contribution in [2.24, 2.45) is 0 Å². The molecule has 0 spiro atoms. The van der Waals surface area contributed by atoms with Crippen LogP contribution in [0, 0.1) is 0 Å². The number of carbonyl (C=O) groups excluding carboxylic acids is 1. The summed E-state index contributed by atoms with van der Waals surface area (Å²) in [6.07, 6.45) is 0.453. The molecule has 0 radical (unpaired) electrons. The third-order valence-corrected chi connectivity index (χ3v) is 2.41. The van der Waals surface area contributed by atoms with E-state index in [1.54, 1.807) is 0 Å². The molecule has 0 rings (SSSR count). The highest BCUT2D eigenvalue weighted by Crippen LogP contribution is 1.97. The number of thiol groups is 2. The van der Waals surface area contributed by atoms with Gasteiger partial charge in [-0.05, 0) is 6.42 Å². The smallest absolute Gasteiger partial charge is 0.303 e. The predicted octanol–water partition coefficient (Wildman–Crippen LogP) is -0.215. The van der Waals surface area contributed by atoms with Crippen LogP contribution in [0.15, 0.2) is 0 Å². The molecule has 0 aliphatic heterocycles. The number of carbonyl (C=O) groups is 2. The summed E-state index contributed by atoms with van der Waals surface area (Å²) in [5, 5.41) is 14.4. The molecule has 0 saturated carbocycles. The van der Waals surface area contributed by atoms with Crippen molar-refractivity contribution in [2.75, 3.05) is 24.6 Å². The fraction of sp³-hybridized carbons (Fsp3) is 0.778. The molecule has 0 aromatic carbocycles. The van der Waals surface area contributed by atoms with Gasteiger partial charge in [-0.25, -0.2) is 0 Å². The van der Waals surface area contributed by atoms with Crippen molar-refractivity contribution >= 4 is 37.1 Å². The molecule has 16 heavy (non-hydrogen) atoms. The number of carboxylic acids is 1. The van der Waals surface area contributed by atoms with Crippen molar-refractivity contribution in [3.8, 4) is 0 Å². The minimum absolute atomic E-state index is 0.0417. The van der Waals surface area contributed by atoms with E-state index in [2.05, 4.69) is 35.9 Å². The van der Waals surface area contributed by atoms with Crippen LogP contribution in [0.3, 0.4) is 0 Å². The second-order valence-electron chi connectivity index (χ2n) is 3.28. The van der Waals surface area contributed by atoms with Gasteiger partial charge in [0.05, 0.1) is 5.75 Å². The van der Waals surface area contributed by atoms with Crippen LogP contribution in [-0.2, 0) is 9.59 Å². The van der Waals surface area contributed by atoms with Crippen LogP contribution in [0.5, 0.6) is 0 Å². The van der Waals surface area contributed by atoms with E-state index in [0.717, 1.165) is 6.54 Å². The monoisotopic (exact) mass is 266 g/mol. The first kappa shape index (κ1) is 15.6. The Morgan fingerprint density at radius 3 is 2.50 bits per heavy atom. The lowest BCUT2D eigenvalue weighted by atomic mass is 10.1. The lowest BCUT2D eigenvalue weighted by molar-refractivity contribution is -0.137. The molecule has 0 aromatic heterocycles. The van der Waals surface area contributed by atoms with Crippen LogP contribution in [0.4, 0.5) is 0 Å². The molecule has 94 valence electrons. The van der Waals surface area contributed by atoms with Crippen LogP contribution in [-0.4, -0.2) is 47.6 Å². The van der Waals surface area contributed by atoms with E-state index in [-0.39, 0.29) is 24.1 Å². The Balaban J connectivity index is 3.94. The second-order valence-corrected chi connectivity index (χ2v) is 4.05.